The van der Waals surface area contributed by atoms with Crippen LogP contribution in [0.4, 0.5) is 4.39 Å². The van der Waals surface area contributed by atoms with Gasteiger partial charge in [-0.3, -0.25) is 0 Å². The minimum absolute atomic E-state index is 0.149. The molecule has 0 saturated carbocycles. The summed E-state index contributed by atoms with van der Waals surface area (Å²) in [5.41, 5.74) is 0.149. The number of halogens is 3. The second-order valence-corrected chi connectivity index (χ2v) is 3.36. The van der Waals surface area contributed by atoms with E-state index in [1.165, 1.54) is 12.1 Å². The van der Waals surface area contributed by atoms with Crippen LogP contribution >= 0.6 is 27.5 Å². The molecule has 0 aromatic heterocycles. The third-order valence-corrected chi connectivity index (χ3v) is 2.42. The van der Waals surface area contributed by atoms with Gasteiger partial charge in [0.2, 0.25) is 0 Å². The standard InChI is InChI=1S/C8H7BrClFO/c9-4-7(12)8-5(10)2-1-3-6(8)11/h1-3,7,12H,4H2. The molecule has 1 nitrogen and oxygen atoms in total. The Balaban J connectivity index is 3.12. The molecule has 1 aromatic carbocycles. The first kappa shape index (κ1) is 9.96. The number of aliphatic hydroxyl groups is 1. The number of hydrogen-bond acceptors (Lipinski definition) is 1. The molecule has 4 heteroatoms. The fourth-order valence-electron chi connectivity index (χ4n) is 0.906. The molecule has 0 spiro atoms. The second-order valence-electron chi connectivity index (χ2n) is 2.31. The topological polar surface area (TPSA) is 20.2 Å². The highest BCUT2D eigenvalue weighted by Crippen LogP contribution is 2.26. The highest BCUT2D eigenvalue weighted by atomic mass is 79.9. The third kappa shape index (κ3) is 1.97. The molecule has 0 heterocycles. The summed E-state index contributed by atoms with van der Waals surface area (Å²) >= 11 is 8.73. The van der Waals surface area contributed by atoms with Gasteiger partial charge in [-0.15, -0.1) is 0 Å². The molecule has 0 bridgehead atoms. The van der Waals surface area contributed by atoms with Crippen LogP contribution in [0.1, 0.15) is 11.7 Å². The molecule has 12 heavy (non-hydrogen) atoms. The molecule has 1 rings (SSSR count). The van der Waals surface area contributed by atoms with Crippen LogP contribution in [-0.2, 0) is 0 Å². The molecule has 0 aliphatic heterocycles. The van der Waals surface area contributed by atoms with E-state index in [-0.39, 0.29) is 15.9 Å². The Morgan fingerprint density at radius 1 is 1.58 bits per heavy atom. The van der Waals surface area contributed by atoms with Crippen molar-refractivity contribution in [3.63, 3.8) is 0 Å². The van der Waals surface area contributed by atoms with Gasteiger partial charge in [0.1, 0.15) is 5.82 Å². The van der Waals surface area contributed by atoms with Crippen molar-refractivity contribution in [1.82, 2.24) is 0 Å². The van der Waals surface area contributed by atoms with Crippen LogP contribution in [0.3, 0.4) is 0 Å². The van der Waals surface area contributed by atoms with Gasteiger partial charge in [-0.2, -0.15) is 0 Å². The second kappa shape index (κ2) is 4.21. The van der Waals surface area contributed by atoms with Gasteiger partial charge in [-0.25, -0.2) is 4.39 Å². The molecule has 1 atom stereocenters. The van der Waals surface area contributed by atoms with Gasteiger partial charge < -0.3 is 5.11 Å². The molecular weight excluding hydrogens is 246 g/mol. The van der Waals surface area contributed by atoms with Crippen molar-refractivity contribution in [2.75, 3.05) is 5.33 Å². The molecule has 0 fully saturated rings. The maximum absolute atomic E-state index is 13.0. The van der Waals surface area contributed by atoms with Crippen molar-refractivity contribution >= 4 is 27.5 Å². The summed E-state index contributed by atoms with van der Waals surface area (Å²) in [5.74, 6) is -0.477. The Morgan fingerprint density at radius 3 is 2.75 bits per heavy atom. The van der Waals surface area contributed by atoms with Crippen molar-refractivity contribution < 1.29 is 9.50 Å². The summed E-state index contributed by atoms with van der Waals surface area (Å²) in [6, 6.07) is 4.32. The van der Waals surface area contributed by atoms with Crippen molar-refractivity contribution in [1.29, 1.82) is 0 Å². The van der Waals surface area contributed by atoms with Crippen LogP contribution in [-0.4, -0.2) is 10.4 Å². The Kier molecular flexibility index (Phi) is 3.50. The fraction of sp³-hybridized carbons (Fsp3) is 0.250. The maximum atomic E-state index is 13.0. The third-order valence-electron chi connectivity index (χ3n) is 1.48. The van der Waals surface area contributed by atoms with Gasteiger partial charge in [0.05, 0.1) is 6.10 Å². The lowest BCUT2D eigenvalue weighted by atomic mass is 10.1. The number of hydrogen-bond donors (Lipinski definition) is 1. The van der Waals surface area contributed by atoms with Crippen molar-refractivity contribution in [3.05, 3.63) is 34.6 Å². The first-order valence-electron chi connectivity index (χ1n) is 3.34. The largest absolute Gasteiger partial charge is 0.387 e. The van der Waals surface area contributed by atoms with E-state index in [2.05, 4.69) is 15.9 Å². The first-order valence-corrected chi connectivity index (χ1v) is 4.84. The smallest absolute Gasteiger partial charge is 0.130 e. The van der Waals surface area contributed by atoms with Gasteiger partial charge >= 0.3 is 0 Å². The van der Waals surface area contributed by atoms with E-state index in [4.69, 9.17) is 11.6 Å². The number of aliphatic hydroxyl groups excluding tert-OH is 1. The normalized spacial score (nSPS) is 13.0. The average molecular weight is 253 g/mol. The Morgan fingerprint density at radius 2 is 2.25 bits per heavy atom. The zero-order chi connectivity index (χ0) is 9.14. The summed E-state index contributed by atoms with van der Waals surface area (Å²) in [6.07, 6.45) is -0.890. The fourth-order valence-corrected chi connectivity index (χ4v) is 1.52. The summed E-state index contributed by atoms with van der Waals surface area (Å²) in [4.78, 5) is 0. The number of alkyl halides is 1. The number of rotatable bonds is 2. The SMILES string of the molecule is OC(CBr)c1c(F)cccc1Cl. The van der Waals surface area contributed by atoms with Crippen LogP contribution in [0, 0.1) is 5.82 Å². The average Bonchev–Trinajstić information content (AvgIpc) is 2.03. The first-order chi connectivity index (χ1) is 5.66. The van der Waals surface area contributed by atoms with Gasteiger partial charge in [0, 0.05) is 15.9 Å². The van der Waals surface area contributed by atoms with Crippen LogP contribution in [0.25, 0.3) is 0 Å². The Hall–Kier alpha value is -0.120. The predicted octanol–water partition coefficient (Wildman–Crippen LogP) is 2.91. The lowest BCUT2D eigenvalue weighted by Crippen LogP contribution is -2.02. The molecular formula is C8H7BrClFO. The molecule has 66 valence electrons. The van der Waals surface area contributed by atoms with E-state index in [1.807, 2.05) is 0 Å². The highest BCUT2D eigenvalue weighted by Gasteiger charge is 2.14. The monoisotopic (exact) mass is 252 g/mol. The van der Waals surface area contributed by atoms with Crippen molar-refractivity contribution in [2.45, 2.75) is 6.10 Å². The maximum Gasteiger partial charge on any atom is 0.130 e. The van der Waals surface area contributed by atoms with Crippen LogP contribution < -0.4 is 0 Å². The molecule has 1 unspecified atom stereocenters. The lowest BCUT2D eigenvalue weighted by Gasteiger charge is -2.09. The minimum Gasteiger partial charge on any atom is -0.387 e. The summed E-state index contributed by atoms with van der Waals surface area (Å²) in [7, 11) is 0. The molecule has 0 aliphatic rings. The summed E-state index contributed by atoms with van der Waals surface area (Å²) in [5, 5.41) is 9.84. The minimum atomic E-state index is -0.890. The molecule has 1 N–H and O–H groups in total. The van der Waals surface area contributed by atoms with Gasteiger partial charge in [0.25, 0.3) is 0 Å². The Bertz CT molecular complexity index is 260. The van der Waals surface area contributed by atoms with Crippen LogP contribution in [0.5, 0.6) is 0 Å². The van der Waals surface area contributed by atoms with Crippen LogP contribution in [0.2, 0.25) is 5.02 Å². The van der Waals surface area contributed by atoms with E-state index in [9.17, 15) is 9.50 Å². The molecule has 0 radical (unpaired) electrons. The quantitative estimate of drug-likeness (QED) is 0.804. The van der Waals surface area contributed by atoms with Crippen molar-refractivity contribution in [3.8, 4) is 0 Å². The van der Waals surface area contributed by atoms with E-state index in [0.29, 0.717) is 0 Å². The van der Waals surface area contributed by atoms with Crippen LogP contribution in [0.15, 0.2) is 18.2 Å². The zero-order valence-corrected chi connectivity index (χ0v) is 8.44. The van der Waals surface area contributed by atoms with Gasteiger partial charge in [-0.1, -0.05) is 33.6 Å². The Labute approximate surface area is 83.3 Å². The highest BCUT2D eigenvalue weighted by molar-refractivity contribution is 9.09. The van der Waals surface area contributed by atoms with Crippen molar-refractivity contribution in [2.24, 2.45) is 0 Å². The van der Waals surface area contributed by atoms with E-state index < -0.39 is 11.9 Å². The van der Waals surface area contributed by atoms with E-state index in [1.54, 1.807) is 6.07 Å². The lowest BCUT2D eigenvalue weighted by molar-refractivity contribution is 0.200. The van der Waals surface area contributed by atoms with E-state index in [0.717, 1.165) is 0 Å². The zero-order valence-electron chi connectivity index (χ0n) is 6.10. The number of benzene rings is 1. The van der Waals surface area contributed by atoms with Gasteiger partial charge in [0.15, 0.2) is 0 Å². The molecule has 0 saturated heterocycles. The van der Waals surface area contributed by atoms with E-state index >= 15 is 0 Å². The van der Waals surface area contributed by atoms with Gasteiger partial charge in [-0.05, 0) is 12.1 Å². The summed E-state index contributed by atoms with van der Waals surface area (Å²) < 4.78 is 13.0. The molecule has 0 amide bonds. The molecule has 1 aromatic rings. The summed E-state index contributed by atoms with van der Waals surface area (Å²) in [6.45, 7) is 0. The molecule has 0 aliphatic carbocycles. The predicted molar refractivity (Wildman–Crippen MR) is 50.2 cm³/mol.